The zero-order valence-electron chi connectivity index (χ0n) is 10.6. The van der Waals surface area contributed by atoms with E-state index in [1.54, 1.807) is 0 Å². The van der Waals surface area contributed by atoms with Crippen LogP contribution in [-0.2, 0) is 0 Å². The third-order valence-electron chi connectivity index (χ3n) is 3.49. The monoisotopic (exact) mass is 228 g/mol. The number of oxime groups is 1. The van der Waals surface area contributed by atoms with Crippen molar-refractivity contribution in [1.82, 2.24) is 9.80 Å². The summed E-state index contributed by atoms with van der Waals surface area (Å²) in [5.41, 5.74) is 5.52. The van der Waals surface area contributed by atoms with Gasteiger partial charge in [0.15, 0.2) is 0 Å². The summed E-state index contributed by atoms with van der Waals surface area (Å²) in [5.74, 6) is 0.322. The highest BCUT2D eigenvalue weighted by atomic mass is 16.4. The average molecular weight is 228 g/mol. The minimum Gasteiger partial charge on any atom is -0.409 e. The third-order valence-corrected chi connectivity index (χ3v) is 3.49. The van der Waals surface area contributed by atoms with Crippen LogP contribution in [0.1, 0.15) is 26.2 Å². The van der Waals surface area contributed by atoms with E-state index in [4.69, 9.17) is 10.9 Å². The largest absolute Gasteiger partial charge is 0.409 e. The Morgan fingerprint density at radius 3 is 2.50 bits per heavy atom. The van der Waals surface area contributed by atoms with Crippen molar-refractivity contribution in [3.05, 3.63) is 0 Å². The van der Waals surface area contributed by atoms with Gasteiger partial charge in [-0.25, -0.2) is 0 Å². The number of likely N-dealkylation sites (tertiary alicyclic amines) is 1. The first-order chi connectivity index (χ1) is 7.54. The molecule has 1 saturated heterocycles. The van der Waals surface area contributed by atoms with E-state index in [1.165, 1.54) is 12.8 Å². The number of nitrogens with two attached hydrogens (primary N) is 1. The first-order valence-corrected chi connectivity index (χ1v) is 5.91. The maximum absolute atomic E-state index is 8.53. The molecule has 0 aromatic heterocycles. The number of hydrogen-bond donors (Lipinski definition) is 2. The molecule has 1 aliphatic rings. The Hall–Kier alpha value is -0.810. The van der Waals surface area contributed by atoms with Gasteiger partial charge >= 0.3 is 0 Å². The zero-order valence-corrected chi connectivity index (χ0v) is 10.6. The SMILES string of the molecule is CC(CC(N)=NO)N1CCC(N(C)C)CC1. The molecule has 1 unspecified atom stereocenters. The van der Waals surface area contributed by atoms with Gasteiger partial charge in [-0.05, 0) is 47.0 Å². The summed E-state index contributed by atoms with van der Waals surface area (Å²) in [6.07, 6.45) is 3.05. The summed E-state index contributed by atoms with van der Waals surface area (Å²) in [5, 5.41) is 11.6. The lowest BCUT2D eigenvalue weighted by Crippen LogP contribution is -2.46. The Labute approximate surface area is 97.9 Å². The Bertz CT molecular complexity index is 234. The summed E-state index contributed by atoms with van der Waals surface area (Å²) in [6, 6.07) is 1.06. The topological polar surface area (TPSA) is 65.1 Å². The predicted octanol–water partition coefficient (Wildman–Crippen LogP) is 0.537. The van der Waals surface area contributed by atoms with Crippen LogP contribution in [0.5, 0.6) is 0 Å². The van der Waals surface area contributed by atoms with E-state index >= 15 is 0 Å². The molecule has 16 heavy (non-hydrogen) atoms. The summed E-state index contributed by atoms with van der Waals surface area (Å²) in [6.45, 7) is 4.33. The lowest BCUT2D eigenvalue weighted by molar-refractivity contribution is 0.116. The van der Waals surface area contributed by atoms with Crippen LogP contribution < -0.4 is 5.73 Å². The summed E-state index contributed by atoms with van der Waals surface area (Å²) < 4.78 is 0. The molecule has 0 aromatic rings. The van der Waals surface area contributed by atoms with Gasteiger partial charge in [0.25, 0.3) is 0 Å². The number of hydrogen-bond acceptors (Lipinski definition) is 4. The molecule has 0 aromatic carbocycles. The first kappa shape index (κ1) is 13.3. The molecule has 0 radical (unpaired) electrons. The van der Waals surface area contributed by atoms with Gasteiger partial charge in [0, 0.05) is 18.5 Å². The molecular weight excluding hydrogens is 204 g/mol. The highest BCUT2D eigenvalue weighted by Crippen LogP contribution is 2.17. The fourth-order valence-electron chi connectivity index (χ4n) is 2.32. The van der Waals surface area contributed by atoms with Gasteiger partial charge < -0.3 is 20.7 Å². The van der Waals surface area contributed by atoms with Crippen molar-refractivity contribution in [2.75, 3.05) is 27.2 Å². The molecule has 3 N–H and O–H groups in total. The molecule has 1 aliphatic heterocycles. The van der Waals surface area contributed by atoms with Crippen molar-refractivity contribution in [2.24, 2.45) is 10.9 Å². The molecule has 5 nitrogen and oxygen atoms in total. The first-order valence-electron chi connectivity index (χ1n) is 5.91. The van der Waals surface area contributed by atoms with Crippen LogP contribution >= 0.6 is 0 Å². The molecule has 0 saturated carbocycles. The second-order valence-electron chi connectivity index (χ2n) is 4.88. The summed E-state index contributed by atoms with van der Waals surface area (Å²) >= 11 is 0. The molecule has 1 heterocycles. The lowest BCUT2D eigenvalue weighted by atomic mass is 10.0. The van der Waals surface area contributed by atoms with Gasteiger partial charge in [-0.1, -0.05) is 5.16 Å². The van der Waals surface area contributed by atoms with Crippen molar-refractivity contribution in [3.8, 4) is 0 Å². The molecule has 0 amide bonds. The van der Waals surface area contributed by atoms with E-state index in [9.17, 15) is 0 Å². The fraction of sp³-hybridized carbons (Fsp3) is 0.909. The Morgan fingerprint density at radius 2 is 2.06 bits per heavy atom. The maximum Gasteiger partial charge on any atom is 0.140 e. The van der Waals surface area contributed by atoms with E-state index in [-0.39, 0.29) is 0 Å². The fourth-order valence-corrected chi connectivity index (χ4v) is 2.32. The molecule has 0 spiro atoms. The highest BCUT2D eigenvalue weighted by Gasteiger charge is 2.24. The van der Waals surface area contributed by atoms with E-state index in [1.807, 2.05) is 0 Å². The normalized spacial score (nSPS) is 22.6. The number of rotatable bonds is 4. The molecule has 1 rings (SSSR count). The van der Waals surface area contributed by atoms with E-state index in [0.717, 1.165) is 13.1 Å². The molecule has 0 bridgehead atoms. The van der Waals surface area contributed by atoms with E-state index < -0.39 is 0 Å². The second kappa shape index (κ2) is 6.06. The van der Waals surface area contributed by atoms with Gasteiger partial charge in [0.05, 0.1) is 0 Å². The van der Waals surface area contributed by atoms with Crippen LogP contribution in [0.3, 0.4) is 0 Å². The lowest BCUT2D eigenvalue weighted by Gasteiger charge is -2.38. The van der Waals surface area contributed by atoms with Crippen LogP contribution in [0.25, 0.3) is 0 Å². The quantitative estimate of drug-likeness (QED) is 0.319. The summed E-state index contributed by atoms with van der Waals surface area (Å²) in [7, 11) is 4.28. The van der Waals surface area contributed by atoms with Crippen LogP contribution in [0.2, 0.25) is 0 Å². The standard InChI is InChI=1S/C11H24N4O/c1-9(8-11(12)13-16)15-6-4-10(5-7-15)14(2)3/h9-10,16H,4-8H2,1-3H3,(H2,12,13). The third kappa shape index (κ3) is 3.64. The number of piperidine rings is 1. The van der Waals surface area contributed by atoms with Gasteiger partial charge in [-0.2, -0.15) is 0 Å². The minimum absolute atomic E-state index is 0.322. The Balaban J connectivity index is 2.35. The molecular formula is C11H24N4O. The minimum atomic E-state index is 0.322. The van der Waals surface area contributed by atoms with Gasteiger partial charge in [0.2, 0.25) is 0 Å². The molecule has 1 fully saturated rings. The van der Waals surface area contributed by atoms with E-state index in [2.05, 4.69) is 36.0 Å². The molecule has 0 aliphatic carbocycles. The predicted molar refractivity (Wildman–Crippen MR) is 65.8 cm³/mol. The molecule has 94 valence electrons. The van der Waals surface area contributed by atoms with Gasteiger partial charge in [0.1, 0.15) is 5.84 Å². The molecule has 5 heteroatoms. The Morgan fingerprint density at radius 1 is 1.50 bits per heavy atom. The van der Waals surface area contributed by atoms with Crippen molar-refractivity contribution in [3.63, 3.8) is 0 Å². The summed E-state index contributed by atoms with van der Waals surface area (Å²) in [4.78, 5) is 4.71. The number of amidine groups is 1. The molecule has 1 atom stereocenters. The average Bonchev–Trinajstić information content (AvgIpc) is 2.28. The van der Waals surface area contributed by atoms with Crippen LogP contribution in [-0.4, -0.2) is 60.1 Å². The van der Waals surface area contributed by atoms with Crippen molar-refractivity contribution in [1.29, 1.82) is 0 Å². The van der Waals surface area contributed by atoms with Crippen molar-refractivity contribution >= 4 is 5.84 Å². The van der Waals surface area contributed by atoms with Gasteiger partial charge in [-0.15, -0.1) is 0 Å². The maximum atomic E-state index is 8.53. The zero-order chi connectivity index (χ0) is 12.1. The van der Waals surface area contributed by atoms with E-state index in [0.29, 0.717) is 24.3 Å². The number of nitrogens with zero attached hydrogens (tertiary/aromatic N) is 3. The Kier molecular flexibility index (Phi) is 5.02. The van der Waals surface area contributed by atoms with Crippen molar-refractivity contribution in [2.45, 2.75) is 38.3 Å². The second-order valence-corrected chi connectivity index (χ2v) is 4.88. The smallest absolute Gasteiger partial charge is 0.140 e. The van der Waals surface area contributed by atoms with Crippen LogP contribution in [0.4, 0.5) is 0 Å². The van der Waals surface area contributed by atoms with Crippen LogP contribution in [0, 0.1) is 0 Å². The van der Waals surface area contributed by atoms with Crippen LogP contribution in [0.15, 0.2) is 5.16 Å². The van der Waals surface area contributed by atoms with Gasteiger partial charge in [-0.3, -0.25) is 0 Å². The highest BCUT2D eigenvalue weighted by molar-refractivity contribution is 5.80. The van der Waals surface area contributed by atoms with Crippen molar-refractivity contribution < 1.29 is 5.21 Å².